The van der Waals surface area contributed by atoms with Crippen molar-refractivity contribution in [3.05, 3.63) is 124 Å². The van der Waals surface area contributed by atoms with Crippen LogP contribution in [-0.2, 0) is 6.42 Å². The summed E-state index contributed by atoms with van der Waals surface area (Å²) in [6.45, 7) is 2.83. The lowest BCUT2D eigenvalue weighted by Crippen LogP contribution is -2.36. The number of thiocarbonyl (C=S) groups is 1. The van der Waals surface area contributed by atoms with Crippen molar-refractivity contribution in [2.75, 3.05) is 23.4 Å². The number of nitrogens with zero attached hydrogens (tertiary/aromatic N) is 1. The number of amides is 2. The van der Waals surface area contributed by atoms with Crippen LogP contribution < -0.4 is 20.3 Å². The zero-order valence-corrected chi connectivity index (χ0v) is 23.8. The first kappa shape index (κ1) is 28.0. The summed E-state index contributed by atoms with van der Waals surface area (Å²) in [6.07, 6.45) is 0.709. The van der Waals surface area contributed by atoms with Crippen molar-refractivity contribution in [1.82, 2.24) is 5.32 Å². The molecule has 0 fully saturated rings. The van der Waals surface area contributed by atoms with Crippen LogP contribution in [0.1, 0.15) is 33.2 Å². The normalized spacial score (nSPS) is 10.4. The van der Waals surface area contributed by atoms with Crippen molar-refractivity contribution in [2.24, 2.45) is 0 Å². The molecule has 8 heteroatoms. The average Bonchev–Trinajstić information content (AvgIpc) is 2.95. The van der Waals surface area contributed by atoms with Gasteiger partial charge in [-0.25, -0.2) is 0 Å². The molecule has 0 saturated heterocycles. The maximum Gasteiger partial charge on any atom is 0.261 e. The van der Waals surface area contributed by atoms with Crippen LogP contribution in [0.25, 0.3) is 0 Å². The van der Waals surface area contributed by atoms with Gasteiger partial charge in [-0.15, -0.1) is 0 Å². The third kappa shape index (κ3) is 7.52. The summed E-state index contributed by atoms with van der Waals surface area (Å²) in [6, 6.07) is 31.8. The van der Waals surface area contributed by atoms with Crippen molar-refractivity contribution >= 4 is 56.4 Å². The van der Waals surface area contributed by atoms with E-state index in [1.807, 2.05) is 73.7 Å². The van der Waals surface area contributed by atoms with Gasteiger partial charge in [0.25, 0.3) is 11.8 Å². The molecule has 2 N–H and O–H groups in total. The van der Waals surface area contributed by atoms with Gasteiger partial charge in [0.1, 0.15) is 5.75 Å². The van der Waals surface area contributed by atoms with E-state index in [-0.39, 0.29) is 11.0 Å². The molecule has 0 spiro atoms. The first-order chi connectivity index (χ1) is 19.0. The van der Waals surface area contributed by atoms with Gasteiger partial charge in [0.2, 0.25) is 0 Å². The SMILES string of the molecule is CCN(C(=O)c1ccccc1NC(=S)NC(=O)c1cc(Br)ccc1OCCc1ccccc1)c1ccccc1. The molecule has 2 amide bonds. The van der Waals surface area contributed by atoms with Crippen molar-refractivity contribution in [3.8, 4) is 5.75 Å². The zero-order chi connectivity index (χ0) is 27.6. The largest absolute Gasteiger partial charge is 0.492 e. The minimum atomic E-state index is -0.424. The predicted octanol–water partition coefficient (Wildman–Crippen LogP) is 6.86. The molecule has 4 aromatic rings. The summed E-state index contributed by atoms with van der Waals surface area (Å²) < 4.78 is 6.69. The molecule has 6 nitrogen and oxygen atoms in total. The fourth-order valence-electron chi connectivity index (χ4n) is 4.03. The van der Waals surface area contributed by atoms with Crippen LogP contribution in [0.4, 0.5) is 11.4 Å². The zero-order valence-electron chi connectivity index (χ0n) is 21.4. The van der Waals surface area contributed by atoms with Crippen molar-refractivity contribution in [2.45, 2.75) is 13.3 Å². The Morgan fingerprint density at radius 3 is 2.26 bits per heavy atom. The molecule has 0 bridgehead atoms. The van der Waals surface area contributed by atoms with Crippen molar-refractivity contribution in [3.63, 3.8) is 0 Å². The number of ether oxygens (including phenoxy) is 1. The van der Waals surface area contributed by atoms with Crippen LogP contribution in [0.3, 0.4) is 0 Å². The van der Waals surface area contributed by atoms with E-state index >= 15 is 0 Å². The second-order valence-electron chi connectivity index (χ2n) is 8.56. The van der Waals surface area contributed by atoms with Gasteiger partial charge in [-0.1, -0.05) is 76.6 Å². The van der Waals surface area contributed by atoms with Gasteiger partial charge >= 0.3 is 0 Å². The van der Waals surface area contributed by atoms with Gasteiger partial charge in [0.05, 0.1) is 23.4 Å². The molecule has 4 rings (SSSR count). The molecule has 0 unspecified atom stereocenters. The molecule has 0 radical (unpaired) electrons. The number of anilines is 2. The van der Waals surface area contributed by atoms with Crippen LogP contribution >= 0.6 is 28.1 Å². The number of hydrogen-bond acceptors (Lipinski definition) is 4. The quantitative estimate of drug-likeness (QED) is 0.205. The Kier molecular flexibility index (Phi) is 9.83. The Balaban J connectivity index is 1.45. The van der Waals surface area contributed by atoms with Gasteiger partial charge in [-0.3, -0.25) is 14.9 Å². The summed E-state index contributed by atoms with van der Waals surface area (Å²) >= 11 is 8.88. The predicted molar refractivity (Wildman–Crippen MR) is 164 cm³/mol. The summed E-state index contributed by atoms with van der Waals surface area (Å²) in [5.74, 6) is -0.153. The van der Waals surface area contributed by atoms with Crippen LogP contribution in [0.5, 0.6) is 5.75 Å². The Labute approximate surface area is 242 Å². The molecule has 198 valence electrons. The molecule has 0 aliphatic carbocycles. The highest BCUT2D eigenvalue weighted by Crippen LogP contribution is 2.25. The number of rotatable bonds is 9. The van der Waals surface area contributed by atoms with E-state index in [4.69, 9.17) is 17.0 Å². The topological polar surface area (TPSA) is 70.7 Å². The standard InChI is InChI=1S/C31H28BrN3O3S/c1-2-35(24-13-7-4-8-14-24)30(37)25-15-9-10-16-27(25)33-31(39)34-29(36)26-21-23(32)17-18-28(26)38-20-19-22-11-5-3-6-12-22/h3-18,21H,2,19-20H2,1H3,(H2,33,34,36,39). The van der Waals surface area contributed by atoms with Crippen LogP contribution in [-0.4, -0.2) is 30.1 Å². The fourth-order valence-corrected chi connectivity index (χ4v) is 4.59. The Bertz CT molecular complexity index is 1450. The van der Waals surface area contributed by atoms with Gasteiger partial charge in [-0.2, -0.15) is 0 Å². The smallest absolute Gasteiger partial charge is 0.261 e. The van der Waals surface area contributed by atoms with E-state index in [0.717, 1.165) is 15.7 Å². The van der Waals surface area contributed by atoms with E-state index < -0.39 is 5.91 Å². The summed E-state index contributed by atoms with van der Waals surface area (Å²) in [5, 5.41) is 5.81. The number of carbonyl (C=O) groups excluding carboxylic acids is 2. The molecule has 0 heterocycles. The number of hydrogen-bond donors (Lipinski definition) is 2. The molecule has 0 atom stereocenters. The van der Waals surface area contributed by atoms with Crippen molar-refractivity contribution < 1.29 is 14.3 Å². The van der Waals surface area contributed by atoms with Crippen LogP contribution in [0.2, 0.25) is 0 Å². The highest BCUT2D eigenvalue weighted by atomic mass is 79.9. The van der Waals surface area contributed by atoms with Crippen LogP contribution in [0.15, 0.2) is 108 Å². The third-order valence-electron chi connectivity index (χ3n) is 5.94. The number of nitrogens with one attached hydrogen (secondary N) is 2. The van der Waals surface area contributed by atoms with Crippen LogP contribution in [0, 0.1) is 0 Å². The van der Waals surface area contributed by atoms with E-state index in [0.29, 0.717) is 42.1 Å². The second kappa shape index (κ2) is 13.7. The first-order valence-corrected chi connectivity index (χ1v) is 13.7. The number of para-hydroxylation sites is 2. The van der Waals surface area contributed by atoms with Gasteiger partial charge in [0.15, 0.2) is 5.11 Å². The first-order valence-electron chi connectivity index (χ1n) is 12.5. The lowest BCUT2D eigenvalue weighted by molar-refractivity contribution is 0.0970. The molecule has 39 heavy (non-hydrogen) atoms. The highest BCUT2D eigenvalue weighted by molar-refractivity contribution is 9.10. The van der Waals surface area contributed by atoms with E-state index in [1.165, 1.54) is 0 Å². The molecule has 0 aromatic heterocycles. The van der Waals surface area contributed by atoms with E-state index in [2.05, 4.69) is 26.6 Å². The minimum absolute atomic E-state index is 0.0678. The second-order valence-corrected chi connectivity index (χ2v) is 9.89. The molecular weight excluding hydrogens is 574 g/mol. The third-order valence-corrected chi connectivity index (χ3v) is 6.64. The van der Waals surface area contributed by atoms with E-state index in [9.17, 15) is 9.59 Å². The van der Waals surface area contributed by atoms with Gasteiger partial charge in [0, 0.05) is 23.1 Å². The van der Waals surface area contributed by atoms with Gasteiger partial charge < -0.3 is 15.0 Å². The number of carbonyl (C=O) groups is 2. The Morgan fingerprint density at radius 2 is 1.54 bits per heavy atom. The maximum atomic E-state index is 13.4. The lowest BCUT2D eigenvalue weighted by Gasteiger charge is -2.23. The van der Waals surface area contributed by atoms with Gasteiger partial charge in [-0.05, 0) is 67.2 Å². The average molecular weight is 603 g/mol. The Hall–Kier alpha value is -4.01. The molecule has 4 aromatic carbocycles. The summed E-state index contributed by atoms with van der Waals surface area (Å²) in [5.41, 5.74) is 3.22. The number of benzene rings is 4. The molecule has 0 aliphatic heterocycles. The maximum absolute atomic E-state index is 13.4. The lowest BCUT2D eigenvalue weighted by atomic mass is 10.1. The Morgan fingerprint density at radius 1 is 0.872 bits per heavy atom. The monoisotopic (exact) mass is 601 g/mol. The summed E-state index contributed by atoms with van der Waals surface area (Å²) in [7, 11) is 0. The highest BCUT2D eigenvalue weighted by Gasteiger charge is 2.20. The molecule has 0 aliphatic rings. The summed E-state index contributed by atoms with van der Waals surface area (Å²) in [4.78, 5) is 28.3. The number of halogens is 1. The van der Waals surface area contributed by atoms with E-state index in [1.54, 1.807) is 41.3 Å². The molecular formula is C31H28BrN3O3S. The molecule has 0 saturated carbocycles. The minimum Gasteiger partial charge on any atom is -0.492 e. The van der Waals surface area contributed by atoms with Crippen molar-refractivity contribution in [1.29, 1.82) is 0 Å². The fraction of sp³-hybridized carbons (Fsp3) is 0.129.